The van der Waals surface area contributed by atoms with Crippen molar-refractivity contribution in [2.45, 2.75) is 44.6 Å². The lowest BCUT2D eigenvalue weighted by atomic mass is 10.1. The van der Waals surface area contributed by atoms with Crippen molar-refractivity contribution < 1.29 is 9.53 Å². The lowest BCUT2D eigenvalue weighted by Gasteiger charge is -2.11. The molecule has 2 aromatic carbocycles. The maximum atomic E-state index is 12.0. The highest BCUT2D eigenvalue weighted by atomic mass is 16.5. The average Bonchev–Trinajstić information content (AvgIpc) is 3.42. The Kier molecular flexibility index (Phi) is 6.16. The fourth-order valence-electron chi connectivity index (χ4n) is 4.01. The first-order valence-electron chi connectivity index (χ1n) is 10.8. The highest BCUT2D eigenvalue weighted by molar-refractivity contribution is 5.95. The maximum Gasteiger partial charge on any atom is 0.306 e. The molecule has 0 spiro atoms. The van der Waals surface area contributed by atoms with Gasteiger partial charge in [-0.2, -0.15) is 0 Å². The molecule has 3 aromatic rings. The third-order valence-electron chi connectivity index (χ3n) is 5.80. The predicted molar refractivity (Wildman–Crippen MR) is 122 cm³/mol. The van der Waals surface area contributed by atoms with Gasteiger partial charge in [-0.1, -0.05) is 48.5 Å². The van der Waals surface area contributed by atoms with Crippen LogP contribution in [-0.4, -0.2) is 27.5 Å². The molecule has 1 saturated carbocycles. The zero-order chi connectivity index (χ0) is 21.8. The smallest absolute Gasteiger partial charge is 0.306 e. The van der Waals surface area contributed by atoms with Crippen molar-refractivity contribution in [3.8, 4) is 22.6 Å². The van der Waals surface area contributed by atoms with Crippen LogP contribution in [-0.2, 0) is 23.0 Å². The van der Waals surface area contributed by atoms with E-state index in [2.05, 4.69) is 0 Å². The molecule has 0 aliphatic heterocycles. The molecule has 1 aliphatic carbocycles. The Balaban J connectivity index is 1.40. The second kappa shape index (κ2) is 9.16. The van der Waals surface area contributed by atoms with Crippen molar-refractivity contribution in [1.29, 1.82) is 5.41 Å². The number of nitrogen functional groups attached to an aromatic ring is 1. The molecular formula is C25H28N4O2. The zero-order valence-electron chi connectivity index (χ0n) is 17.8. The number of rotatable bonds is 7. The van der Waals surface area contributed by atoms with Crippen LogP contribution in [0, 0.1) is 5.41 Å². The average molecular weight is 417 g/mol. The third kappa shape index (κ3) is 5.02. The highest BCUT2D eigenvalue weighted by Gasteiger charge is 2.19. The Labute approximate surface area is 182 Å². The molecule has 6 heteroatoms. The van der Waals surface area contributed by atoms with Crippen molar-refractivity contribution >= 4 is 11.8 Å². The summed E-state index contributed by atoms with van der Waals surface area (Å²) in [5, 5.41) is 7.51. The molecule has 160 valence electrons. The minimum atomic E-state index is -0.0967. The minimum Gasteiger partial charge on any atom is -0.462 e. The first-order chi connectivity index (χ1) is 15.0. The normalized spacial score (nSPS) is 14.0. The monoisotopic (exact) mass is 416 g/mol. The molecule has 0 unspecified atom stereocenters. The Morgan fingerprint density at radius 3 is 2.39 bits per heavy atom. The number of aryl methyl sites for hydroxylation is 2. The van der Waals surface area contributed by atoms with Crippen molar-refractivity contribution in [2.24, 2.45) is 12.8 Å². The van der Waals surface area contributed by atoms with E-state index in [0.29, 0.717) is 18.4 Å². The van der Waals surface area contributed by atoms with Gasteiger partial charge in [-0.3, -0.25) is 10.2 Å². The van der Waals surface area contributed by atoms with Gasteiger partial charge < -0.3 is 15.0 Å². The van der Waals surface area contributed by atoms with E-state index in [1.54, 1.807) is 0 Å². The summed E-state index contributed by atoms with van der Waals surface area (Å²) in [5.41, 5.74) is 10.2. The number of carbonyl (C=O) groups excluding carboxylic acids is 1. The van der Waals surface area contributed by atoms with Crippen LogP contribution >= 0.6 is 0 Å². The molecule has 0 saturated heterocycles. The Morgan fingerprint density at radius 2 is 1.74 bits per heavy atom. The number of aromatic nitrogens is 2. The molecule has 0 amide bonds. The van der Waals surface area contributed by atoms with Crippen LogP contribution in [0.2, 0.25) is 0 Å². The molecular weight excluding hydrogens is 388 g/mol. The first-order valence-corrected chi connectivity index (χ1v) is 10.8. The van der Waals surface area contributed by atoms with Crippen LogP contribution in [0.4, 0.5) is 0 Å². The second-order valence-electron chi connectivity index (χ2n) is 8.14. The number of nitrogens with one attached hydrogen (secondary N) is 1. The van der Waals surface area contributed by atoms with Gasteiger partial charge in [0, 0.05) is 36.4 Å². The van der Waals surface area contributed by atoms with E-state index >= 15 is 0 Å². The number of hydrogen-bond acceptors (Lipinski definition) is 4. The molecule has 1 fully saturated rings. The summed E-state index contributed by atoms with van der Waals surface area (Å²) in [4.78, 5) is 16.8. The number of imidazole rings is 1. The lowest BCUT2D eigenvalue weighted by Crippen LogP contribution is -2.14. The van der Waals surface area contributed by atoms with Crippen LogP contribution in [0.15, 0.2) is 54.7 Å². The summed E-state index contributed by atoms with van der Waals surface area (Å²) in [5.74, 6) is 0.832. The molecule has 31 heavy (non-hydrogen) atoms. The van der Waals surface area contributed by atoms with Gasteiger partial charge >= 0.3 is 5.97 Å². The van der Waals surface area contributed by atoms with Gasteiger partial charge in [0.25, 0.3) is 0 Å². The van der Waals surface area contributed by atoms with Crippen LogP contribution in [0.5, 0.6) is 0 Å². The predicted octanol–water partition coefficient (Wildman–Crippen LogP) is 4.46. The second-order valence-corrected chi connectivity index (χ2v) is 8.14. The number of carbonyl (C=O) groups is 1. The number of ether oxygens (including phenoxy) is 1. The van der Waals surface area contributed by atoms with Gasteiger partial charge in [0.05, 0.1) is 5.69 Å². The van der Waals surface area contributed by atoms with Gasteiger partial charge in [0.2, 0.25) is 0 Å². The fraction of sp³-hybridized carbons (Fsp3) is 0.320. The lowest BCUT2D eigenvalue weighted by molar-refractivity contribution is -0.148. The van der Waals surface area contributed by atoms with Gasteiger partial charge in [0.1, 0.15) is 17.8 Å². The van der Waals surface area contributed by atoms with Crippen molar-refractivity contribution in [2.75, 3.05) is 0 Å². The molecule has 1 aromatic heterocycles. The van der Waals surface area contributed by atoms with E-state index < -0.39 is 0 Å². The molecule has 3 N–H and O–H groups in total. The quantitative estimate of drug-likeness (QED) is 0.338. The topological polar surface area (TPSA) is 94.0 Å². The Hall–Kier alpha value is -3.41. The van der Waals surface area contributed by atoms with E-state index in [1.807, 2.05) is 66.3 Å². The maximum absolute atomic E-state index is 12.0. The fourth-order valence-corrected chi connectivity index (χ4v) is 4.01. The van der Waals surface area contributed by atoms with Crippen LogP contribution in [0.25, 0.3) is 22.6 Å². The largest absolute Gasteiger partial charge is 0.462 e. The number of nitrogens with zero attached hydrogens (tertiary/aromatic N) is 2. The highest BCUT2D eigenvalue weighted by Crippen LogP contribution is 2.25. The number of benzene rings is 2. The van der Waals surface area contributed by atoms with Gasteiger partial charge in [-0.15, -0.1) is 0 Å². The molecule has 1 aliphatic rings. The standard InChI is InChI=1S/C25H28N4O2/c1-29-16-22(18-11-13-19(14-12-18)24(26)27)28-25(29)20-9-6-17(7-10-20)8-15-23(30)31-21-4-2-3-5-21/h6-7,9-14,16,21H,2-5,8,15H2,1H3,(H3,26,27). The molecule has 1 heterocycles. The third-order valence-corrected chi connectivity index (χ3v) is 5.80. The Bertz CT molecular complexity index is 1060. The number of hydrogen-bond donors (Lipinski definition) is 2. The molecule has 0 radical (unpaired) electrons. The summed E-state index contributed by atoms with van der Waals surface area (Å²) in [6.45, 7) is 0. The van der Waals surface area contributed by atoms with E-state index in [0.717, 1.165) is 53.9 Å². The van der Waals surface area contributed by atoms with E-state index in [9.17, 15) is 4.79 Å². The van der Waals surface area contributed by atoms with E-state index in [1.165, 1.54) is 0 Å². The summed E-state index contributed by atoms with van der Waals surface area (Å²) in [6.07, 6.45) is 7.56. The van der Waals surface area contributed by atoms with Crippen LogP contribution in [0.3, 0.4) is 0 Å². The van der Waals surface area contributed by atoms with Crippen LogP contribution < -0.4 is 5.73 Å². The number of amidine groups is 1. The summed E-state index contributed by atoms with van der Waals surface area (Å²) >= 11 is 0. The van der Waals surface area contributed by atoms with Crippen molar-refractivity contribution in [1.82, 2.24) is 9.55 Å². The Morgan fingerprint density at radius 1 is 1.10 bits per heavy atom. The number of esters is 1. The van der Waals surface area contributed by atoms with E-state index in [4.69, 9.17) is 20.9 Å². The minimum absolute atomic E-state index is 0.0557. The zero-order valence-corrected chi connectivity index (χ0v) is 17.8. The van der Waals surface area contributed by atoms with Crippen molar-refractivity contribution in [3.05, 3.63) is 65.9 Å². The SMILES string of the molecule is Cn1cc(-c2ccc(C(=N)N)cc2)nc1-c1ccc(CCC(=O)OC2CCCC2)cc1. The van der Waals surface area contributed by atoms with Crippen LogP contribution in [0.1, 0.15) is 43.2 Å². The molecule has 0 bridgehead atoms. The van der Waals surface area contributed by atoms with Gasteiger partial charge in [-0.05, 0) is 37.7 Å². The molecule has 4 rings (SSSR count). The van der Waals surface area contributed by atoms with Crippen molar-refractivity contribution in [3.63, 3.8) is 0 Å². The first kappa shape index (κ1) is 20.8. The summed E-state index contributed by atoms with van der Waals surface area (Å²) < 4.78 is 7.54. The number of nitrogens with two attached hydrogens (primary N) is 1. The summed E-state index contributed by atoms with van der Waals surface area (Å²) in [6, 6.07) is 15.7. The van der Waals surface area contributed by atoms with E-state index in [-0.39, 0.29) is 17.9 Å². The van der Waals surface area contributed by atoms with Gasteiger partial charge in [-0.25, -0.2) is 4.98 Å². The molecule has 6 nitrogen and oxygen atoms in total. The van der Waals surface area contributed by atoms with Gasteiger partial charge in [0.15, 0.2) is 0 Å². The summed E-state index contributed by atoms with van der Waals surface area (Å²) in [7, 11) is 1.97. The molecule has 0 atom stereocenters.